The highest BCUT2D eigenvalue weighted by atomic mass is 32.2. The largest absolute Gasteiger partial charge is 0.446 e. The number of carbonyl (C=O) groups is 1. The maximum absolute atomic E-state index is 12.6. The predicted molar refractivity (Wildman–Crippen MR) is 120 cm³/mol. The van der Waals surface area contributed by atoms with Crippen molar-refractivity contribution >= 4 is 23.4 Å². The van der Waals surface area contributed by atoms with Gasteiger partial charge in [-0.15, -0.1) is 0 Å². The Morgan fingerprint density at radius 3 is 2.48 bits per heavy atom. The van der Waals surface area contributed by atoms with Crippen molar-refractivity contribution < 1.29 is 18.0 Å². The maximum Gasteiger partial charge on any atom is 0.446 e. The van der Waals surface area contributed by atoms with Gasteiger partial charge < -0.3 is 10.2 Å². The van der Waals surface area contributed by atoms with Gasteiger partial charge in [-0.2, -0.15) is 13.2 Å². The molecule has 1 saturated heterocycles. The number of amides is 1. The van der Waals surface area contributed by atoms with Crippen molar-refractivity contribution in [1.82, 2.24) is 10.2 Å². The molecule has 174 valence electrons. The molecule has 0 bridgehead atoms. The summed E-state index contributed by atoms with van der Waals surface area (Å²) in [4.78, 5) is 16.7. The first-order valence-electron chi connectivity index (χ1n) is 11.4. The van der Waals surface area contributed by atoms with E-state index in [1.54, 1.807) is 12.1 Å². The Labute approximate surface area is 187 Å². The van der Waals surface area contributed by atoms with Crippen molar-refractivity contribution in [2.24, 2.45) is 5.92 Å². The van der Waals surface area contributed by atoms with Crippen LogP contribution in [-0.2, 0) is 4.79 Å². The van der Waals surface area contributed by atoms with Crippen LogP contribution in [0.1, 0.15) is 51.9 Å². The topological polar surface area (TPSA) is 35.6 Å². The van der Waals surface area contributed by atoms with E-state index in [9.17, 15) is 18.0 Å². The Hall–Kier alpha value is -1.41. The number of hydrogen-bond donors (Lipinski definition) is 1. The molecule has 1 aromatic carbocycles. The van der Waals surface area contributed by atoms with Gasteiger partial charge >= 0.3 is 5.51 Å². The Morgan fingerprint density at radius 1 is 1.13 bits per heavy atom. The van der Waals surface area contributed by atoms with Gasteiger partial charge in [0, 0.05) is 49.2 Å². The number of thioether (sulfide) groups is 1. The monoisotopic (exact) mass is 457 g/mol. The van der Waals surface area contributed by atoms with E-state index in [2.05, 4.69) is 15.1 Å². The van der Waals surface area contributed by atoms with Crippen molar-refractivity contribution in [2.45, 2.75) is 68.3 Å². The average molecular weight is 458 g/mol. The van der Waals surface area contributed by atoms with E-state index >= 15 is 0 Å². The summed E-state index contributed by atoms with van der Waals surface area (Å²) in [5.74, 6) is 0.916. The molecule has 4 nitrogen and oxygen atoms in total. The molecule has 1 aromatic rings. The van der Waals surface area contributed by atoms with E-state index in [-0.39, 0.29) is 22.6 Å². The number of carbonyl (C=O) groups excluding carboxylic acids is 1. The number of piperazine rings is 1. The molecule has 0 unspecified atom stereocenters. The lowest BCUT2D eigenvalue weighted by atomic mass is 9.84. The third-order valence-corrected chi connectivity index (χ3v) is 7.05. The highest BCUT2D eigenvalue weighted by Gasteiger charge is 2.29. The average Bonchev–Trinajstić information content (AvgIpc) is 2.73. The van der Waals surface area contributed by atoms with E-state index in [1.165, 1.54) is 25.3 Å². The number of nitrogens with one attached hydrogen (secondary N) is 1. The summed E-state index contributed by atoms with van der Waals surface area (Å²) in [7, 11) is 0. The van der Waals surface area contributed by atoms with Crippen molar-refractivity contribution in [2.75, 3.05) is 37.6 Å². The summed E-state index contributed by atoms with van der Waals surface area (Å²) in [5, 5.41) is 3.16. The van der Waals surface area contributed by atoms with Gasteiger partial charge in [-0.25, -0.2) is 0 Å². The summed E-state index contributed by atoms with van der Waals surface area (Å²) in [6.07, 6.45) is 7.23. The zero-order valence-corrected chi connectivity index (χ0v) is 19.1. The zero-order chi connectivity index (χ0) is 22.3. The van der Waals surface area contributed by atoms with Crippen LogP contribution < -0.4 is 10.2 Å². The summed E-state index contributed by atoms with van der Waals surface area (Å²) in [6, 6.07) is 7.11. The second kappa shape index (κ2) is 11.5. The van der Waals surface area contributed by atoms with Gasteiger partial charge in [0.2, 0.25) is 5.91 Å². The summed E-state index contributed by atoms with van der Waals surface area (Å²) >= 11 is -0.0513. The van der Waals surface area contributed by atoms with E-state index in [4.69, 9.17) is 0 Å². The summed E-state index contributed by atoms with van der Waals surface area (Å²) < 4.78 is 37.9. The molecule has 2 aliphatic rings. The van der Waals surface area contributed by atoms with Crippen molar-refractivity contribution in [1.29, 1.82) is 0 Å². The minimum atomic E-state index is -4.25. The molecule has 2 fully saturated rings. The normalized spacial score (nSPS) is 23.0. The van der Waals surface area contributed by atoms with Crippen molar-refractivity contribution in [3.05, 3.63) is 24.3 Å². The van der Waals surface area contributed by atoms with E-state index < -0.39 is 5.51 Å². The molecule has 1 aliphatic heterocycles. The minimum Gasteiger partial charge on any atom is -0.369 e. The summed E-state index contributed by atoms with van der Waals surface area (Å²) in [5.41, 5.74) is -3.38. The van der Waals surface area contributed by atoms with Gasteiger partial charge in [-0.1, -0.05) is 13.0 Å². The van der Waals surface area contributed by atoms with Gasteiger partial charge in [-0.05, 0) is 80.9 Å². The maximum atomic E-state index is 12.6. The molecule has 1 amide bonds. The van der Waals surface area contributed by atoms with Crippen LogP contribution in [0.5, 0.6) is 0 Å². The van der Waals surface area contributed by atoms with Gasteiger partial charge in [0.05, 0.1) is 0 Å². The second-order valence-electron chi connectivity index (χ2n) is 8.70. The number of anilines is 1. The van der Waals surface area contributed by atoms with Crippen molar-refractivity contribution in [3.63, 3.8) is 0 Å². The molecule has 0 spiro atoms. The molecule has 3 rings (SSSR count). The van der Waals surface area contributed by atoms with Gasteiger partial charge in [0.15, 0.2) is 0 Å². The lowest BCUT2D eigenvalue weighted by molar-refractivity contribution is -0.122. The Balaban J connectivity index is 1.36. The molecular formula is C23H34F3N3OS. The first-order valence-corrected chi connectivity index (χ1v) is 12.3. The van der Waals surface area contributed by atoms with Crippen LogP contribution in [0.15, 0.2) is 29.2 Å². The molecule has 1 aliphatic carbocycles. The van der Waals surface area contributed by atoms with E-state index in [1.807, 2.05) is 13.0 Å². The number of benzene rings is 1. The molecule has 8 heteroatoms. The number of nitrogens with zero attached hydrogens (tertiary/aromatic N) is 2. The highest BCUT2D eigenvalue weighted by Crippen LogP contribution is 2.38. The van der Waals surface area contributed by atoms with Crippen LogP contribution >= 0.6 is 11.8 Å². The SMILES string of the molecule is CCCC(=O)NC1CCC(CCN2CCN(c3cccc(SC(F)(F)F)c3)CC2)CC1. The smallest absolute Gasteiger partial charge is 0.369 e. The number of rotatable bonds is 8. The van der Waals surface area contributed by atoms with Crippen molar-refractivity contribution in [3.8, 4) is 0 Å². The fourth-order valence-electron chi connectivity index (χ4n) is 4.59. The lowest BCUT2D eigenvalue weighted by Gasteiger charge is -2.37. The number of halogens is 3. The van der Waals surface area contributed by atoms with E-state index in [0.717, 1.165) is 63.6 Å². The first-order chi connectivity index (χ1) is 14.8. The zero-order valence-electron chi connectivity index (χ0n) is 18.3. The molecule has 0 radical (unpaired) electrons. The third kappa shape index (κ3) is 8.22. The van der Waals surface area contributed by atoms with Crippen LogP contribution in [0.3, 0.4) is 0 Å². The van der Waals surface area contributed by atoms with Gasteiger partial charge in [-0.3, -0.25) is 9.69 Å². The predicted octanol–water partition coefficient (Wildman–Crippen LogP) is 5.29. The number of hydrogen-bond acceptors (Lipinski definition) is 4. The van der Waals surface area contributed by atoms with Crippen LogP contribution in [0.2, 0.25) is 0 Å². The first kappa shape index (κ1) is 24.2. The molecule has 1 heterocycles. The van der Waals surface area contributed by atoms with Crippen LogP contribution in [-0.4, -0.2) is 55.1 Å². The highest BCUT2D eigenvalue weighted by molar-refractivity contribution is 8.00. The molecule has 0 atom stereocenters. The molecule has 31 heavy (non-hydrogen) atoms. The van der Waals surface area contributed by atoms with Gasteiger partial charge in [0.1, 0.15) is 0 Å². The lowest BCUT2D eigenvalue weighted by Crippen LogP contribution is -2.47. The van der Waals surface area contributed by atoms with Crippen LogP contribution in [0, 0.1) is 5.92 Å². The second-order valence-corrected chi connectivity index (χ2v) is 9.84. The molecular weight excluding hydrogens is 423 g/mol. The Kier molecular flexibility index (Phi) is 8.95. The van der Waals surface area contributed by atoms with Gasteiger partial charge in [0.25, 0.3) is 0 Å². The number of alkyl halides is 3. The fourth-order valence-corrected chi connectivity index (χ4v) is 5.19. The van der Waals surface area contributed by atoms with Crippen LogP contribution in [0.25, 0.3) is 0 Å². The Morgan fingerprint density at radius 2 is 1.84 bits per heavy atom. The molecule has 1 N–H and O–H groups in total. The minimum absolute atomic E-state index is 0.0513. The van der Waals surface area contributed by atoms with E-state index in [0.29, 0.717) is 12.5 Å². The molecule has 1 saturated carbocycles. The third-order valence-electron chi connectivity index (χ3n) is 6.33. The van der Waals surface area contributed by atoms with Crippen LogP contribution in [0.4, 0.5) is 18.9 Å². The Bertz CT molecular complexity index is 700. The quantitative estimate of drug-likeness (QED) is 0.539. The standard InChI is InChI=1S/C23H34F3N3OS/c1-2-4-22(30)27-19-9-7-18(8-10-19)11-12-28-13-15-29(16-14-28)20-5-3-6-21(17-20)31-23(24,25)26/h3,5-6,17-19H,2,4,7-16H2,1H3,(H,27,30). The fraction of sp³-hybridized carbons (Fsp3) is 0.696. The summed E-state index contributed by atoms with van der Waals surface area (Å²) in [6.45, 7) is 6.68. The molecule has 0 aromatic heterocycles.